The maximum atomic E-state index is 14.2. The van der Waals surface area contributed by atoms with Gasteiger partial charge in [-0.05, 0) is 43.2 Å². The molecule has 0 spiro atoms. The van der Waals surface area contributed by atoms with Crippen LogP contribution >= 0.6 is 23.2 Å². The van der Waals surface area contributed by atoms with Gasteiger partial charge < -0.3 is 15.0 Å². The maximum absolute atomic E-state index is 14.2. The van der Waals surface area contributed by atoms with E-state index in [0.29, 0.717) is 38.9 Å². The first-order valence-electron chi connectivity index (χ1n) is 9.13. The van der Waals surface area contributed by atoms with Crippen LogP contribution in [0.2, 0.25) is 10.0 Å². The van der Waals surface area contributed by atoms with Gasteiger partial charge in [0.15, 0.2) is 11.5 Å². The van der Waals surface area contributed by atoms with Crippen molar-refractivity contribution in [1.29, 1.82) is 0 Å². The monoisotopic (exact) mass is 445 g/mol. The number of ether oxygens (including phenoxy) is 1. The van der Waals surface area contributed by atoms with E-state index >= 15 is 0 Å². The van der Waals surface area contributed by atoms with Crippen LogP contribution in [0.4, 0.5) is 10.2 Å². The topological polar surface area (TPSA) is 75.7 Å². The van der Waals surface area contributed by atoms with Crippen molar-refractivity contribution in [3.05, 3.63) is 63.9 Å². The van der Waals surface area contributed by atoms with Gasteiger partial charge in [-0.1, -0.05) is 29.3 Å². The van der Waals surface area contributed by atoms with Crippen molar-refractivity contribution in [2.24, 2.45) is 0 Å². The van der Waals surface area contributed by atoms with E-state index < -0.39 is 5.82 Å². The fourth-order valence-electron chi connectivity index (χ4n) is 3.44. The fraction of sp³-hybridized carbons (Fsp3) is 0.190. The van der Waals surface area contributed by atoms with E-state index in [-0.39, 0.29) is 11.1 Å². The molecular formula is C21H18Cl2FN5O. The zero-order valence-corrected chi connectivity index (χ0v) is 17.9. The summed E-state index contributed by atoms with van der Waals surface area (Å²) in [4.78, 5) is 15.7. The SMILES string of the molecule is COc1c(C(C)Nc2ncnc3[nH]cnc23)cc(Cl)c(C)c1-c1ccc(Cl)c(F)c1. The number of fused-ring (bicyclic) bond motifs is 1. The molecule has 0 amide bonds. The second-order valence-electron chi connectivity index (χ2n) is 6.80. The third-order valence-electron chi connectivity index (χ3n) is 4.95. The Balaban J connectivity index is 1.82. The van der Waals surface area contributed by atoms with Gasteiger partial charge in [-0.2, -0.15) is 0 Å². The number of nitrogens with one attached hydrogen (secondary N) is 2. The number of aromatic nitrogens is 4. The van der Waals surface area contributed by atoms with E-state index in [0.717, 1.165) is 11.1 Å². The first-order chi connectivity index (χ1) is 14.4. The molecule has 30 heavy (non-hydrogen) atoms. The number of methoxy groups -OCH3 is 1. The van der Waals surface area contributed by atoms with Gasteiger partial charge in [0.2, 0.25) is 0 Å². The molecule has 2 N–H and O–H groups in total. The molecule has 0 saturated carbocycles. The molecule has 0 aliphatic carbocycles. The van der Waals surface area contributed by atoms with Crippen LogP contribution in [0.5, 0.6) is 5.75 Å². The molecule has 0 saturated heterocycles. The number of hydrogen-bond acceptors (Lipinski definition) is 5. The van der Waals surface area contributed by atoms with Gasteiger partial charge in [0.1, 0.15) is 23.4 Å². The van der Waals surface area contributed by atoms with Crippen LogP contribution in [-0.4, -0.2) is 27.0 Å². The van der Waals surface area contributed by atoms with Gasteiger partial charge >= 0.3 is 0 Å². The molecule has 4 rings (SSSR count). The number of rotatable bonds is 5. The smallest absolute Gasteiger partial charge is 0.162 e. The summed E-state index contributed by atoms with van der Waals surface area (Å²) in [6.45, 7) is 3.82. The molecule has 1 unspecified atom stereocenters. The molecule has 1 atom stereocenters. The molecule has 0 radical (unpaired) electrons. The second kappa shape index (κ2) is 8.08. The quantitative estimate of drug-likeness (QED) is 0.396. The number of anilines is 1. The number of aromatic amines is 1. The van der Waals surface area contributed by atoms with E-state index in [1.807, 2.05) is 19.9 Å². The lowest BCUT2D eigenvalue weighted by Crippen LogP contribution is -2.11. The highest BCUT2D eigenvalue weighted by molar-refractivity contribution is 6.32. The van der Waals surface area contributed by atoms with Crippen LogP contribution in [0, 0.1) is 12.7 Å². The first-order valence-corrected chi connectivity index (χ1v) is 9.89. The van der Waals surface area contributed by atoms with Gasteiger partial charge in [-0.3, -0.25) is 0 Å². The molecule has 2 aromatic carbocycles. The summed E-state index contributed by atoms with van der Waals surface area (Å²) >= 11 is 12.4. The minimum absolute atomic E-state index is 0.0550. The molecular weight excluding hydrogens is 428 g/mol. The van der Waals surface area contributed by atoms with Crippen molar-refractivity contribution in [1.82, 2.24) is 19.9 Å². The molecule has 0 bridgehead atoms. The molecule has 2 heterocycles. The Labute approximate surface area is 182 Å². The van der Waals surface area contributed by atoms with Gasteiger partial charge in [0, 0.05) is 16.1 Å². The van der Waals surface area contributed by atoms with E-state index in [9.17, 15) is 4.39 Å². The van der Waals surface area contributed by atoms with Crippen LogP contribution in [0.1, 0.15) is 24.1 Å². The molecule has 154 valence electrons. The Kier molecular flexibility index (Phi) is 5.49. The van der Waals surface area contributed by atoms with Crippen LogP contribution in [0.3, 0.4) is 0 Å². The number of hydrogen-bond donors (Lipinski definition) is 2. The summed E-state index contributed by atoms with van der Waals surface area (Å²) in [7, 11) is 1.57. The van der Waals surface area contributed by atoms with Crippen molar-refractivity contribution in [3.63, 3.8) is 0 Å². The summed E-state index contributed by atoms with van der Waals surface area (Å²) < 4.78 is 19.9. The minimum atomic E-state index is -0.509. The van der Waals surface area contributed by atoms with Crippen molar-refractivity contribution in [2.45, 2.75) is 19.9 Å². The number of imidazole rings is 1. The molecule has 6 nitrogen and oxygen atoms in total. The van der Waals surface area contributed by atoms with Gasteiger partial charge in [-0.25, -0.2) is 19.3 Å². The molecule has 0 fully saturated rings. The number of benzene rings is 2. The van der Waals surface area contributed by atoms with Gasteiger partial charge in [0.25, 0.3) is 0 Å². The summed E-state index contributed by atoms with van der Waals surface area (Å²) in [5, 5.41) is 3.93. The van der Waals surface area contributed by atoms with Crippen molar-refractivity contribution in [3.8, 4) is 16.9 Å². The van der Waals surface area contributed by atoms with Gasteiger partial charge in [-0.15, -0.1) is 0 Å². The molecule has 0 aliphatic rings. The van der Waals surface area contributed by atoms with Crippen LogP contribution in [0.25, 0.3) is 22.3 Å². The third kappa shape index (κ3) is 3.55. The first kappa shape index (κ1) is 20.4. The summed E-state index contributed by atoms with van der Waals surface area (Å²) in [5.74, 6) is 0.655. The van der Waals surface area contributed by atoms with Gasteiger partial charge in [0.05, 0.1) is 24.5 Å². The highest BCUT2D eigenvalue weighted by Crippen LogP contribution is 2.43. The Morgan fingerprint density at radius 1 is 1.13 bits per heavy atom. The molecule has 4 aromatic rings. The van der Waals surface area contributed by atoms with E-state index in [1.165, 1.54) is 18.5 Å². The average Bonchev–Trinajstić information content (AvgIpc) is 3.21. The van der Waals surface area contributed by atoms with E-state index in [4.69, 9.17) is 27.9 Å². The predicted molar refractivity (Wildman–Crippen MR) is 117 cm³/mol. The van der Waals surface area contributed by atoms with Crippen LogP contribution < -0.4 is 10.1 Å². The maximum Gasteiger partial charge on any atom is 0.162 e. The zero-order chi connectivity index (χ0) is 21.4. The van der Waals surface area contributed by atoms with Crippen LogP contribution in [-0.2, 0) is 0 Å². The Hall–Kier alpha value is -2.90. The lowest BCUT2D eigenvalue weighted by Gasteiger charge is -2.23. The lowest BCUT2D eigenvalue weighted by atomic mass is 9.93. The van der Waals surface area contributed by atoms with E-state index in [2.05, 4.69) is 25.3 Å². The molecule has 0 aliphatic heterocycles. The second-order valence-corrected chi connectivity index (χ2v) is 7.61. The number of nitrogens with zero attached hydrogens (tertiary/aromatic N) is 3. The summed E-state index contributed by atoms with van der Waals surface area (Å²) in [5.41, 5.74) is 4.16. The lowest BCUT2D eigenvalue weighted by molar-refractivity contribution is 0.409. The highest BCUT2D eigenvalue weighted by Gasteiger charge is 2.22. The van der Waals surface area contributed by atoms with Crippen molar-refractivity contribution in [2.75, 3.05) is 12.4 Å². The minimum Gasteiger partial charge on any atom is -0.496 e. The number of halogens is 3. The fourth-order valence-corrected chi connectivity index (χ4v) is 3.77. The summed E-state index contributed by atoms with van der Waals surface area (Å²) in [6.07, 6.45) is 3.02. The van der Waals surface area contributed by atoms with Crippen molar-refractivity contribution >= 4 is 40.2 Å². The van der Waals surface area contributed by atoms with E-state index in [1.54, 1.807) is 19.5 Å². The Bertz CT molecular complexity index is 1240. The Morgan fingerprint density at radius 2 is 1.93 bits per heavy atom. The standard InChI is InChI=1S/C21H18Cl2FN5O/c1-10-15(23)7-13(11(2)29-21-18-20(26-8-25-18)27-9-28-21)19(30-3)17(10)12-4-5-14(22)16(24)6-12/h4-9,11H,1-3H3,(H2,25,26,27,28,29). The number of H-pyrrole nitrogens is 1. The zero-order valence-electron chi connectivity index (χ0n) is 16.4. The molecule has 2 aromatic heterocycles. The predicted octanol–water partition coefficient (Wildman–Crippen LogP) is 5.96. The average molecular weight is 446 g/mol. The van der Waals surface area contributed by atoms with Crippen molar-refractivity contribution < 1.29 is 9.13 Å². The summed E-state index contributed by atoms with van der Waals surface area (Å²) in [6, 6.07) is 6.23. The molecule has 9 heteroatoms. The largest absolute Gasteiger partial charge is 0.496 e. The van der Waals surface area contributed by atoms with Crippen LogP contribution in [0.15, 0.2) is 36.9 Å². The normalized spacial score (nSPS) is 12.2. The third-order valence-corrected chi connectivity index (χ3v) is 5.65. The highest BCUT2D eigenvalue weighted by atomic mass is 35.5. The Morgan fingerprint density at radius 3 is 2.67 bits per heavy atom.